The molecule has 3 fully saturated rings. The minimum Gasteiger partial charge on any atom is -0.490 e. The SMILES string of the molecule is Cc1cc(OC2CC3(CCN(CC(=O)Nc4ccc5c(C6CCC(=O)NC6=O)nn(C)c5c4)CC3)C2)ccc1-c1ccc(N2CCc3cccc(C(=O)Nc4nc5ccccc5s4)c3C2)nc1C(=O)O. The number of likely N-dealkylation sites (tertiary alicyclic amines) is 1. The van der Waals surface area contributed by atoms with Gasteiger partial charge in [-0.05, 0) is 147 Å². The number of nitrogens with one attached hydrogen (secondary N) is 3. The van der Waals surface area contributed by atoms with Gasteiger partial charge in [-0.1, -0.05) is 41.7 Å². The van der Waals surface area contributed by atoms with Crippen LogP contribution in [0.5, 0.6) is 5.75 Å². The third kappa shape index (κ3) is 8.75. The van der Waals surface area contributed by atoms with Crippen LogP contribution in [0.25, 0.3) is 32.2 Å². The van der Waals surface area contributed by atoms with E-state index in [9.17, 15) is 29.1 Å². The van der Waals surface area contributed by atoms with E-state index in [2.05, 4.69) is 30.9 Å². The molecule has 17 heteroatoms. The molecule has 1 saturated carbocycles. The van der Waals surface area contributed by atoms with Gasteiger partial charge in [0.25, 0.3) is 5.91 Å². The first kappa shape index (κ1) is 45.0. The number of hydrogen-bond acceptors (Lipinski definition) is 12. The van der Waals surface area contributed by atoms with Gasteiger partial charge in [-0.3, -0.25) is 39.4 Å². The summed E-state index contributed by atoms with van der Waals surface area (Å²) in [6.07, 6.45) is 5.27. The van der Waals surface area contributed by atoms with E-state index in [0.29, 0.717) is 59.4 Å². The standard InChI is InChI=1S/C53H51N9O7S/c1-30-24-33(69-34-26-53(27-34)19-22-61(23-20-53)29-46(64)54-32-10-12-38-42(25-32)60(2)59-47(38)39-15-17-45(63)57-50(39)66)11-13-35(30)36-14-16-44(56-48(36)51(67)68)62-21-18-31-6-5-7-37(40(31)28-62)49(65)58-52-55-41-8-3-4-9-43(41)70-52/h3-14,16,24-25,34,39H,15,17-23,26-29H2,1-2H3,(H,54,64)(H,67,68)(H,55,58,65)(H,57,63,66). The van der Waals surface area contributed by atoms with E-state index in [4.69, 9.17) is 9.72 Å². The van der Waals surface area contributed by atoms with E-state index >= 15 is 0 Å². The number of imide groups is 1. The van der Waals surface area contributed by atoms with Gasteiger partial charge < -0.3 is 20.1 Å². The normalized spacial score (nSPS) is 18.1. The summed E-state index contributed by atoms with van der Waals surface area (Å²) in [5.41, 5.74) is 7.73. The molecule has 6 heterocycles. The molecular formula is C53H51N9O7S. The number of thiazole rings is 1. The number of aromatic carboxylic acids is 1. The fourth-order valence-electron chi connectivity index (χ4n) is 10.9. The number of carbonyl (C=O) groups is 5. The zero-order valence-electron chi connectivity index (χ0n) is 38.8. The number of piperidine rings is 2. The molecule has 1 unspecified atom stereocenters. The van der Waals surface area contributed by atoms with Crippen LogP contribution in [0.4, 0.5) is 16.6 Å². The van der Waals surface area contributed by atoms with Gasteiger partial charge in [0.15, 0.2) is 10.8 Å². The minimum atomic E-state index is -1.12. The maximum atomic E-state index is 13.6. The number of nitrogens with zero attached hydrogens (tertiary/aromatic N) is 6. The summed E-state index contributed by atoms with van der Waals surface area (Å²) in [5.74, 6) is -1.28. The Balaban J connectivity index is 0.681. The second kappa shape index (κ2) is 18.1. The molecule has 0 radical (unpaired) electrons. The summed E-state index contributed by atoms with van der Waals surface area (Å²) < 4.78 is 9.18. The van der Waals surface area contributed by atoms with Crippen molar-refractivity contribution in [2.45, 2.75) is 70.4 Å². The molecule has 1 atom stereocenters. The highest BCUT2D eigenvalue weighted by Crippen LogP contribution is 2.50. The molecule has 4 N–H and O–H groups in total. The number of carboxylic acid groups (broad SMARTS) is 1. The summed E-state index contributed by atoms with van der Waals surface area (Å²) in [7, 11) is 1.81. The lowest BCUT2D eigenvalue weighted by atomic mass is 9.61. The van der Waals surface area contributed by atoms with Gasteiger partial charge in [0, 0.05) is 48.8 Å². The van der Waals surface area contributed by atoms with Crippen LogP contribution in [0, 0.1) is 12.3 Å². The number of carboxylic acids is 1. The Labute approximate surface area is 407 Å². The molecule has 1 aliphatic carbocycles. The van der Waals surface area contributed by atoms with Crippen LogP contribution in [-0.4, -0.2) is 91.6 Å². The van der Waals surface area contributed by atoms with Crippen molar-refractivity contribution >= 4 is 78.7 Å². The maximum absolute atomic E-state index is 13.6. The average molecular weight is 958 g/mol. The van der Waals surface area contributed by atoms with Crippen LogP contribution in [0.1, 0.15) is 87.7 Å². The predicted molar refractivity (Wildman–Crippen MR) is 266 cm³/mol. The minimum absolute atomic E-state index is 0.0417. The smallest absolute Gasteiger partial charge is 0.355 e. The highest BCUT2D eigenvalue weighted by molar-refractivity contribution is 7.22. The van der Waals surface area contributed by atoms with Crippen molar-refractivity contribution in [3.05, 3.63) is 125 Å². The molecule has 0 bridgehead atoms. The monoisotopic (exact) mass is 957 g/mol. The van der Waals surface area contributed by atoms with Crippen molar-refractivity contribution < 1.29 is 33.8 Å². The first-order chi connectivity index (χ1) is 33.8. The molecule has 70 heavy (non-hydrogen) atoms. The Morgan fingerprint density at radius 2 is 1.71 bits per heavy atom. The summed E-state index contributed by atoms with van der Waals surface area (Å²) in [4.78, 5) is 77.3. The van der Waals surface area contributed by atoms with Gasteiger partial charge in [0.05, 0.1) is 40.0 Å². The number of aryl methyl sites for hydroxylation is 2. The molecule has 2 saturated heterocycles. The first-order valence-corrected chi connectivity index (χ1v) is 24.5. The highest BCUT2D eigenvalue weighted by Gasteiger charge is 2.47. The van der Waals surface area contributed by atoms with E-state index in [-0.39, 0.29) is 53.8 Å². The van der Waals surface area contributed by atoms with E-state index < -0.39 is 11.9 Å². The van der Waals surface area contributed by atoms with Crippen LogP contribution in [-0.2, 0) is 34.4 Å². The van der Waals surface area contributed by atoms with Gasteiger partial charge in [-0.15, -0.1) is 0 Å². The van der Waals surface area contributed by atoms with Crippen molar-refractivity contribution in [3.63, 3.8) is 0 Å². The summed E-state index contributed by atoms with van der Waals surface area (Å²) in [5, 5.41) is 24.8. The number of para-hydroxylation sites is 1. The number of aromatic nitrogens is 4. The number of benzene rings is 4. The van der Waals surface area contributed by atoms with Crippen LogP contribution in [0.2, 0.25) is 0 Å². The number of pyridine rings is 1. The lowest BCUT2D eigenvalue weighted by molar-refractivity contribution is -0.134. The quantitative estimate of drug-likeness (QED) is 0.0917. The van der Waals surface area contributed by atoms with E-state index in [1.807, 2.05) is 103 Å². The van der Waals surface area contributed by atoms with Gasteiger partial charge in [-0.25, -0.2) is 14.8 Å². The Morgan fingerprint density at radius 3 is 2.50 bits per heavy atom. The van der Waals surface area contributed by atoms with Crippen molar-refractivity contribution in [2.24, 2.45) is 12.5 Å². The number of hydrogen-bond donors (Lipinski definition) is 4. The van der Waals surface area contributed by atoms with Crippen LogP contribution >= 0.6 is 11.3 Å². The summed E-state index contributed by atoms with van der Waals surface area (Å²) in [6.45, 7) is 4.90. The van der Waals surface area contributed by atoms with E-state index in [1.165, 1.54) is 11.3 Å². The second-order valence-electron chi connectivity index (χ2n) is 19.1. The predicted octanol–water partition coefficient (Wildman–Crippen LogP) is 7.85. The molecule has 11 rings (SSSR count). The highest BCUT2D eigenvalue weighted by atomic mass is 32.1. The third-order valence-corrected chi connectivity index (χ3v) is 15.5. The number of ether oxygens (including phenoxy) is 1. The Kier molecular flexibility index (Phi) is 11.6. The van der Waals surface area contributed by atoms with E-state index in [1.54, 1.807) is 11.7 Å². The molecule has 4 aromatic carbocycles. The van der Waals surface area contributed by atoms with Crippen LogP contribution in [0.3, 0.4) is 0 Å². The molecular weight excluding hydrogens is 907 g/mol. The lowest BCUT2D eigenvalue weighted by Crippen LogP contribution is -2.51. The van der Waals surface area contributed by atoms with Crippen molar-refractivity contribution in [1.29, 1.82) is 0 Å². The number of carbonyl (C=O) groups excluding carboxylic acids is 4. The van der Waals surface area contributed by atoms with Crippen molar-refractivity contribution in [3.8, 4) is 16.9 Å². The van der Waals surface area contributed by atoms with Gasteiger partial charge in [0.1, 0.15) is 11.6 Å². The molecule has 4 aliphatic rings. The van der Waals surface area contributed by atoms with Crippen molar-refractivity contribution in [1.82, 2.24) is 30.0 Å². The van der Waals surface area contributed by atoms with Gasteiger partial charge in [-0.2, -0.15) is 5.10 Å². The molecule has 16 nitrogen and oxygen atoms in total. The van der Waals surface area contributed by atoms with E-state index in [0.717, 1.165) is 87.9 Å². The topological polar surface area (TPSA) is 201 Å². The number of amides is 4. The summed E-state index contributed by atoms with van der Waals surface area (Å²) >= 11 is 1.43. The Bertz CT molecular complexity index is 3240. The van der Waals surface area contributed by atoms with Gasteiger partial charge >= 0.3 is 5.97 Å². The Morgan fingerprint density at radius 1 is 0.900 bits per heavy atom. The fourth-order valence-corrected chi connectivity index (χ4v) is 11.7. The molecule has 1 spiro atoms. The average Bonchev–Trinajstić information content (AvgIpc) is 3.90. The number of fused-ring (bicyclic) bond motifs is 3. The maximum Gasteiger partial charge on any atom is 0.355 e. The zero-order chi connectivity index (χ0) is 48.3. The molecule has 3 aromatic heterocycles. The lowest BCUT2D eigenvalue weighted by Gasteiger charge is -2.51. The number of anilines is 3. The second-order valence-corrected chi connectivity index (χ2v) is 20.2. The third-order valence-electron chi connectivity index (χ3n) is 14.6. The zero-order valence-corrected chi connectivity index (χ0v) is 39.6. The first-order valence-electron chi connectivity index (χ1n) is 23.7. The summed E-state index contributed by atoms with van der Waals surface area (Å²) in [6, 6.07) is 28.5. The molecule has 3 aliphatic heterocycles. The van der Waals surface area contributed by atoms with Crippen molar-refractivity contribution in [2.75, 3.05) is 41.7 Å². The van der Waals surface area contributed by atoms with Crippen LogP contribution in [0.15, 0.2) is 91.0 Å². The van der Waals surface area contributed by atoms with Gasteiger partial charge in [0.2, 0.25) is 17.7 Å². The van der Waals surface area contributed by atoms with Crippen LogP contribution < -0.4 is 25.6 Å². The largest absolute Gasteiger partial charge is 0.490 e. The number of rotatable bonds is 11. The Hall–Kier alpha value is -7.50. The molecule has 4 amide bonds. The molecule has 7 aromatic rings. The molecule has 356 valence electrons. The fraction of sp³-hybridized carbons (Fsp3) is 0.321.